The van der Waals surface area contributed by atoms with Gasteiger partial charge in [0.05, 0.1) is 11.9 Å². The summed E-state index contributed by atoms with van der Waals surface area (Å²) in [6.07, 6.45) is 2.88. The molecular weight excluding hydrogens is 350 g/mol. The van der Waals surface area contributed by atoms with Gasteiger partial charge in [0.25, 0.3) is 11.5 Å². The number of aliphatic carboxylic acids is 1. The summed E-state index contributed by atoms with van der Waals surface area (Å²) >= 11 is 0. The van der Waals surface area contributed by atoms with Crippen molar-refractivity contribution in [2.24, 2.45) is 0 Å². The van der Waals surface area contributed by atoms with Crippen molar-refractivity contribution in [1.29, 1.82) is 0 Å². The second-order valence-corrected chi connectivity index (χ2v) is 6.05. The van der Waals surface area contributed by atoms with E-state index in [2.05, 4.69) is 10.3 Å². The average molecular weight is 367 g/mol. The standard InChI is InChI=1S/C19H17N3O5/c1-11(19(26)27)21-17(24)15-16(23)14-13(9-20-15)7-8-22(18(14)25)10-12-5-3-2-4-6-12/h2-9,11,23H,10H2,1H3,(H,21,24)(H,26,27). The second-order valence-electron chi connectivity index (χ2n) is 6.05. The van der Waals surface area contributed by atoms with E-state index < -0.39 is 34.9 Å². The molecule has 1 amide bonds. The van der Waals surface area contributed by atoms with Gasteiger partial charge in [0, 0.05) is 17.8 Å². The lowest BCUT2D eigenvalue weighted by Crippen LogP contribution is -2.38. The van der Waals surface area contributed by atoms with E-state index in [1.807, 2.05) is 30.3 Å². The zero-order chi connectivity index (χ0) is 19.6. The van der Waals surface area contributed by atoms with Gasteiger partial charge >= 0.3 is 5.97 Å². The highest BCUT2D eigenvalue weighted by atomic mass is 16.4. The van der Waals surface area contributed by atoms with Gasteiger partial charge in [-0.2, -0.15) is 0 Å². The summed E-state index contributed by atoms with van der Waals surface area (Å²) in [5.41, 5.74) is 0.0301. The molecule has 3 aromatic rings. The molecule has 8 nitrogen and oxygen atoms in total. The van der Waals surface area contributed by atoms with Crippen LogP contribution in [0.2, 0.25) is 0 Å². The number of hydrogen-bond donors (Lipinski definition) is 3. The van der Waals surface area contributed by atoms with Crippen molar-refractivity contribution in [3.63, 3.8) is 0 Å². The lowest BCUT2D eigenvalue weighted by atomic mass is 10.1. The Morgan fingerprint density at radius 3 is 2.59 bits per heavy atom. The quantitative estimate of drug-likeness (QED) is 0.626. The smallest absolute Gasteiger partial charge is 0.325 e. The summed E-state index contributed by atoms with van der Waals surface area (Å²) in [6, 6.07) is 9.77. The monoisotopic (exact) mass is 367 g/mol. The Morgan fingerprint density at radius 1 is 1.22 bits per heavy atom. The normalized spacial score (nSPS) is 11.9. The van der Waals surface area contributed by atoms with Gasteiger partial charge in [-0.05, 0) is 18.6 Å². The average Bonchev–Trinajstić information content (AvgIpc) is 2.64. The van der Waals surface area contributed by atoms with Crippen LogP contribution in [0, 0.1) is 0 Å². The molecule has 2 aromatic heterocycles. The number of benzene rings is 1. The molecule has 27 heavy (non-hydrogen) atoms. The van der Waals surface area contributed by atoms with E-state index in [1.165, 1.54) is 17.7 Å². The highest BCUT2D eigenvalue weighted by molar-refractivity contribution is 6.02. The summed E-state index contributed by atoms with van der Waals surface area (Å²) in [5, 5.41) is 21.9. The van der Waals surface area contributed by atoms with Gasteiger partial charge in [0.2, 0.25) is 0 Å². The maximum Gasteiger partial charge on any atom is 0.325 e. The Bertz CT molecular complexity index is 1080. The first-order valence-corrected chi connectivity index (χ1v) is 8.17. The van der Waals surface area contributed by atoms with Crippen LogP contribution in [0.25, 0.3) is 10.8 Å². The number of hydrogen-bond acceptors (Lipinski definition) is 5. The first-order valence-electron chi connectivity index (χ1n) is 8.17. The Morgan fingerprint density at radius 2 is 1.93 bits per heavy atom. The summed E-state index contributed by atoms with van der Waals surface area (Å²) in [7, 11) is 0. The van der Waals surface area contributed by atoms with Gasteiger partial charge in [-0.15, -0.1) is 0 Å². The topological polar surface area (TPSA) is 122 Å². The zero-order valence-electron chi connectivity index (χ0n) is 14.4. The first kappa shape index (κ1) is 18.1. The number of nitrogens with one attached hydrogen (secondary N) is 1. The molecule has 1 aromatic carbocycles. The molecule has 138 valence electrons. The molecule has 0 spiro atoms. The van der Waals surface area contributed by atoms with E-state index in [0.29, 0.717) is 11.9 Å². The molecule has 0 saturated heterocycles. The van der Waals surface area contributed by atoms with Gasteiger partial charge in [-0.25, -0.2) is 4.98 Å². The molecule has 0 aliphatic carbocycles. The largest absolute Gasteiger partial charge is 0.505 e. The van der Waals surface area contributed by atoms with Crippen molar-refractivity contribution < 1.29 is 19.8 Å². The number of aromatic hydroxyl groups is 1. The van der Waals surface area contributed by atoms with Crippen LogP contribution in [-0.4, -0.2) is 37.7 Å². The minimum atomic E-state index is -1.23. The maximum absolute atomic E-state index is 12.8. The number of aromatic nitrogens is 2. The third kappa shape index (κ3) is 3.64. The summed E-state index contributed by atoms with van der Waals surface area (Å²) in [5.74, 6) is -2.67. The van der Waals surface area contributed by atoms with E-state index in [-0.39, 0.29) is 5.39 Å². The van der Waals surface area contributed by atoms with E-state index in [9.17, 15) is 19.5 Å². The van der Waals surface area contributed by atoms with Crippen LogP contribution in [0.1, 0.15) is 23.0 Å². The SMILES string of the molecule is CC(NC(=O)c1ncc2ccn(Cc3ccccc3)c(=O)c2c1O)C(=O)O. The van der Waals surface area contributed by atoms with Crippen LogP contribution >= 0.6 is 0 Å². The molecule has 8 heteroatoms. The minimum Gasteiger partial charge on any atom is -0.505 e. The predicted octanol–water partition coefficient (Wildman–Crippen LogP) is 1.35. The van der Waals surface area contributed by atoms with Gasteiger partial charge < -0.3 is 20.1 Å². The fraction of sp³-hybridized carbons (Fsp3) is 0.158. The van der Waals surface area contributed by atoms with Crippen LogP contribution in [0.5, 0.6) is 5.75 Å². The Balaban J connectivity index is 2.03. The molecule has 0 saturated carbocycles. The van der Waals surface area contributed by atoms with Crippen LogP contribution in [0.3, 0.4) is 0 Å². The maximum atomic E-state index is 12.8. The molecule has 0 aliphatic heterocycles. The number of carbonyl (C=O) groups is 2. The van der Waals surface area contributed by atoms with Gasteiger partial charge in [-0.1, -0.05) is 30.3 Å². The van der Waals surface area contributed by atoms with Crippen molar-refractivity contribution >= 4 is 22.6 Å². The van der Waals surface area contributed by atoms with Crippen molar-refractivity contribution in [3.8, 4) is 5.75 Å². The number of rotatable bonds is 5. The Hall–Kier alpha value is -3.68. The van der Waals surface area contributed by atoms with Crippen molar-refractivity contribution in [1.82, 2.24) is 14.9 Å². The molecular formula is C19H17N3O5. The summed E-state index contributed by atoms with van der Waals surface area (Å²) in [6.45, 7) is 1.58. The van der Waals surface area contributed by atoms with Crippen LogP contribution in [-0.2, 0) is 11.3 Å². The first-order chi connectivity index (χ1) is 12.9. The number of carboxylic acid groups (broad SMARTS) is 1. The van der Waals surface area contributed by atoms with Crippen molar-refractivity contribution in [2.75, 3.05) is 0 Å². The van der Waals surface area contributed by atoms with Gasteiger partial charge in [-0.3, -0.25) is 14.4 Å². The fourth-order valence-electron chi connectivity index (χ4n) is 2.65. The summed E-state index contributed by atoms with van der Waals surface area (Å²) < 4.78 is 1.42. The molecule has 0 aliphatic rings. The predicted molar refractivity (Wildman–Crippen MR) is 97.8 cm³/mol. The highest BCUT2D eigenvalue weighted by Gasteiger charge is 2.22. The van der Waals surface area contributed by atoms with E-state index in [1.54, 1.807) is 12.3 Å². The fourth-order valence-corrected chi connectivity index (χ4v) is 2.65. The number of pyridine rings is 2. The number of fused-ring (bicyclic) bond motifs is 1. The van der Waals surface area contributed by atoms with E-state index in [4.69, 9.17) is 5.11 Å². The molecule has 1 atom stereocenters. The van der Waals surface area contributed by atoms with E-state index >= 15 is 0 Å². The molecule has 2 heterocycles. The molecule has 3 rings (SSSR count). The number of nitrogens with zero attached hydrogens (tertiary/aromatic N) is 2. The van der Waals surface area contributed by atoms with Crippen molar-refractivity contribution in [2.45, 2.75) is 19.5 Å². The van der Waals surface area contributed by atoms with E-state index in [0.717, 1.165) is 5.56 Å². The molecule has 0 radical (unpaired) electrons. The van der Waals surface area contributed by atoms with Gasteiger partial charge in [0.1, 0.15) is 6.04 Å². The molecule has 0 fully saturated rings. The second kappa shape index (κ2) is 7.28. The minimum absolute atomic E-state index is 0.0449. The molecule has 0 bridgehead atoms. The molecule has 3 N–H and O–H groups in total. The lowest BCUT2D eigenvalue weighted by molar-refractivity contribution is -0.138. The zero-order valence-corrected chi connectivity index (χ0v) is 14.4. The van der Waals surface area contributed by atoms with Gasteiger partial charge in [0.15, 0.2) is 11.4 Å². The third-order valence-electron chi connectivity index (χ3n) is 4.12. The number of amides is 1. The highest BCUT2D eigenvalue weighted by Crippen LogP contribution is 2.24. The Kier molecular flexibility index (Phi) is 4.89. The summed E-state index contributed by atoms with van der Waals surface area (Å²) in [4.78, 5) is 39.8. The molecule has 1 unspecified atom stereocenters. The number of carbonyl (C=O) groups excluding carboxylic acids is 1. The van der Waals surface area contributed by atoms with Crippen LogP contribution < -0.4 is 10.9 Å². The Labute approximate surface area is 153 Å². The lowest BCUT2D eigenvalue weighted by Gasteiger charge is -2.12. The third-order valence-corrected chi connectivity index (χ3v) is 4.12. The number of carboxylic acids is 1. The van der Waals surface area contributed by atoms with Crippen LogP contribution in [0.4, 0.5) is 0 Å². The van der Waals surface area contributed by atoms with Crippen LogP contribution in [0.15, 0.2) is 53.6 Å². The van der Waals surface area contributed by atoms with Crippen molar-refractivity contribution in [3.05, 3.63) is 70.4 Å².